The van der Waals surface area contributed by atoms with E-state index in [0.717, 1.165) is 0 Å². The van der Waals surface area contributed by atoms with Gasteiger partial charge in [0, 0.05) is 0 Å². The van der Waals surface area contributed by atoms with Crippen molar-refractivity contribution in [3.8, 4) is 0 Å². The maximum absolute atomic E-state index is 9.44. The molecule has 1 aromatic carbocycles. The van der Waals surface area contributed by atoms with E-state index in [1.165, 1.54) is 13.8 Å². The Morgan fingerprint density at radius 3 is 1.00 bits per heavy atom. The van der Waals surface area contributed by atoms with Crippen molar-refractivity contribution >= 4 is 17.5 Å². The molecule has 0 bridgehead atoms. The summed E-state index contributed by atoms with van der Waals surface area (Å²) in [6.07, 6.45) is 4.08. The molecule has 2 heteroatoms. The van der Waals surface area contributed by atoms with E-state index >= 15 is 0 Å². The van der Waals surface area contributed by atoms with Crippen molar-refractivity contribution in [2.75, 3.05) is 12.5 Å². The van der Waals surface area contributed by atoms with Crippen LogP contribution in [0.2, 0.25) is 0 Å². The van der Waals surface area contributed by atoms with Crippen molar-refractivity contribution in [3.63, 3.8) is 0 Å². The number of hydrogen-bond donors (Lipinski definition) is 0. The summed E-state index contributed by atoms with van der Waals surface area (Å²) in [5.74, 6) is 0.167. The van der Waals surface area contributed by atoms with E-state index < -0.39 is 0 Å². The average molecular weight is 198 g/mol. The standard InChI is InChI=1S/C6H6.C3H6O.C2H6S/c1-2-4-6-5-3-1;1-3(2)4;1-3-2/h1-6H;1-2H3;1-2H3. The molecule has 0 aromatic heterocycles. The van der Waals surface area contributed by atoms with Crippen LogP contribution in [0.25, 0.3) is 0 Å². The van der Waals surface area contributed by atoms with Crippen molar-refractivity contribution in [3.05, 3.63) is 36.4 Å². The molecule has 1 aromatic rings. The van der Waals surface area contributed by atoms with Gasteiger partial charge in [-0.25, -0.2) is 0 Å². The summed E-state index contributed by atoms with van der Waals surface area (Å²) in [6, 6.07) is 12.0. The highest BCUT2D eigenvalue weighted by atomic mass is 32.2. The molecule has 0 unspecified atom stereocenters. The summed E-state index contributed by atoms with van der Waals surface area (Å²) in [6.45, 7) is 3.06. The highest BCUT2D eigenvalue weighted by molar-refractivity contribution is 7.97. The fourth-order valence-electron chi connectivity index (χ4n) is 0.385. The highest BCUT2D eigenvalue weighted by Gasteiger charge is 1.62. The second-order valence-corrected chi connectivity index (χ2v) is 3.29. The van der Waals surface area contributed by atoms with Gasteiger partial charge in [0.05, 0.1) is 0 Å². The summed E-state index contributed by atoms with van der Waals surface area (Å²) >= 11 is 1.75. The number of ketones is 1. The van der Waals surface area contributed by atoms with E-state index in [1.54, 1.807) is 11.8 Å². The Bertz CT molecular complexity index is 154. The van der Waals surface area contributed by atoms with E-state index in [4.69, 9.17) is 0 Å². The van der Waals surface area contributed by atoms with Crippen molar-refractivity contribution in [1.29, 1.82) is 0 Å². The second-order valence-electron chi connectivity index (χ2n) is 2.47. The summed E-state index contributed by atoms with van der Waals surface area (Å²) in [7, 11) is 0. The lowest BCUT2D eigenvalue weighted by Gasteiger charge is -1.69. The van der Waals surface area contributed by atoms with E-state index in [9.17, 15) is 4.79 Å². The number of hydrogen-bond acceptors (Lipinski definition) is 2. The number of carbonyl (C=O) groups excluding carboxylic acids is 1. The largest absolute Gasteiger partial charge is 0.300 e. The van der Waals surface area contributed by atoms with E-state index in [-0.39, 0.29) is 5.78 Å². The molecule has 0 saturated carbocycles. The van der Waals surface area contributed by atoms with Crippen LogP contribution < -0.4 is 0 Å². The van der Waals surface area contributed by atoms with E-state index in [0.29, 0.717) is 0 Å². The van der Waals surface area contributed by atoms with Crippen LogP contribution >= 0.6 is 11.8 Å². The fraction of sp³-hybridized carbons (Fsp3) is 0.364. The Morgan fingerprint density at radius 2 is 0.923 bits per heavy atom. The molecule has 74 valence electrons. The van der Waals surface area contributed by atoms with Crippen molar-refractivity contribution in [1.82, 2.24) is 0 Å². The molecule has 0 fully saturated rings. The molecule has 0 atom stereocenters. The van der Waals surface area contributed by atoms with Gasteiger partial charge in [0.15, 0.2) is 0 Å². The van der Waals surface area contributed by atoms with Gasteiger partial charge in [0.25, 0.3) is 0 Å². The van der Waals surface area contributed by atoms with Crippen LogP contribution in [-0.4, -0.2) is 18.3 Å². The maximum Gasteiger partial charge on any atom is 0.126 e. The SMILES string of the molecule is CC(C)=O.CSC.c1ccccc1. The van der Waals surface area contributed by atoms with Gasteiger partial charge in [-0.1, -0.05) is 36.4 Å². The van der Waals surface area contributed by atoms with Gasteiger partial charge >= 0.3 is 0 Å². The summed E-state index contributed by atoms with van der Waals surface area (Å²) in [5, 5.41) is 0. The van der Waals surface area contributed by atoms with Crippen LogP contribution in [0.4, 0.5) is 0 Å². The predicted octanol–water partition coefficient (Wildman–Crippen LogP) is 3.26. The highest BCUT2D eigenvalue weighted by Crippen LogP contribution is 1.79. The predicted molar refractivity (Wildman–Crippen MR) is 62.2 cm³/mol. The molecular weight excluding hydrogens is 180 g/mol. The minimum absolute atomic E-state index is 0.167. The zero-order valence-corrected chi connectivity index (χ0v) is 9.60. The Balaban J connectivity index is 0. The molecule has 0 aliphatic rings. The number of carbonyl (C=O) groups is 1. The molecule has 1 nitrogen and oxygen atoms in total. The minimum Gasteiger partial charge on any atom is -0.300 e. The molecule has 0 amide bonds. The summed E-state index contributed by atoms with van der Waals surface area (Å²) in [4.78, 5) is 9.44. The molecule has 0 spiro atoms. The smallest absolute Gasteiger partial charge is 0.126 e. The van der Waals surface area contributed by atoms with Crippen molar-refractivity contribution < 1.29 is 4.79 Å². The third-order valence-electron chi connectivity index (χ3n) is 0.667. The van der Waals surface area contributed by atoms with Gasteiger partial charge < -0.3 is 4.79 Å². The van der Waals surface area contributed by atoms with Gasteiger partial charge in [0.1, 0.15) is 5.78 Å². The molecule has 0 N–H and O–H groups in total. The van der Waals surface area contributed by atoms with E-state index in [1.807, 2.05) is 48.9 Å². The topological polar surface area (TPSA) is 17.1 Å². The fourth-order valence-corrected chi connectivity index (χ4v) is 0.385. The third kappa shape index (κ3) is 35.0. The quantitative estimate of drug-likeness (QED) is 0.636. The lowest BCUT2D eigenvalue weighted by Crippen LogP contribution is -1.69. The molecule has 13 heavy (non-hydrogen) atoms. The average Bonchev–Trinajstić information content (AvgIpc) is 2.08. The first-order valence-electron chi connectivity index (χ1n) is 4.02. The zero-order chi connectivity index (χ0) is 10.5. The number of Topliss-reactive ketones (excluding diaryl/α,β-unsaturated/α-hetero) is 1. The molecular formula is C11H18OS. The van der Waals surface area contributed by atoms with Crippen LogP contribution in [0.5, 0.6) is 0 Å². The Morgan fingerprint density at radius 1 is 0.846 bits per heavy atom. The zero-order valence-electron chi connectivity index (χ0n) is 8.78. The van der Waals surface area contributed by atoms with Crippen LogP contribution in [-0.2, 0) is 4.79 Å². The Labute approximate surface area is 85.6 Å². The van der Waals surface area contributed by atoms with Gasteiger partial charge in [-0.05, 0) is 26.4 Å². The first kappa shape index (κ1) is 14.7. The second kappa shape index (κ2) is 13.8. The van der Waals surface area contributed by atoms with Crippen LogP contribution in [0.15, 0.2) is 36.4 Å². The molecule has 0 heterocycles. The minimum atomic E-state index is 0.167. The van der Waals surface area contributed by atoms with Gasteiger partial charge in [-0.15, -0.1) is 0 Å². The van der Waals surface area contributed by atoms with Crippen molar-refractivity contribution in [2.45, 2.75) is 13.8 Å². The maximum atomic E-state index is 9.44. The van der Waals surface area contributed by atoms with Crippen LogP contribution in [0.3, 0.4) is 0 Å². The van der Waals surface area contributed by atoms with Gasteiger partial charge in [0.2, 0.25) is 0 Å². The summed E-state index contributed by atoms with van der Waals surface area (Å²) in [5.41, 5.74) is 0. The van der Waals surface area contributed by atoms with Gasteiger partial charge in [-0.3, -0.25) is 0 Å². The number of thioether (sulfide) groups is 1. The molecule has 0 aliphatic carbocycles. The van der Waals surface area contributed by atoms with Crippen LogP contribution in [0.1, 0.15) is 13.8 Å². The third-order valence-corrected chi connectivity index (χ3v) is 0.667. The first-order chi connectivity index (χ1) is 6.15. The molecule has 0 saturated heterocycles. The summed E-state index contributed by atoms with van der Waals surface area (Å²) < 4.78 is 0. The number of benzene rings is 1. The monoisotopic (exact) mass is 198 g/mol. The first-order valence-corrected chi connectivity index (χ1v) is 5.65. The Kier molecular flexibility index (Phi) is 15.7. The molecule has 0 radical (unpaired) electrons. The molecule has 0 aliphatic heterocycles. The van der Waals surface area contributed by atoms with E-state index in [2.05, 4.69) is 0 Å². The van der Waals surface area contributed by atoms with Gasteiger partial charge in [-0.2, -0.15) is 11.8 Å². The van der Waals surface area contributed by atoms with Crippen LogP contribution in [0, 0.1) is 0 Å². The Hall–Kier alpha value is -0.760. The lowest BCUT2D eigenvalue weighted by atomic mass is 10.4. The van der Waals surface area contributed by atoms with Crippen molar-refractivity contribution in [2.24, 2.45) is 0 Å². The lowest BCUT2D eigenvalue weighted by molar-refractivity contribution is -0.114. The number of rotatable bonds is 0. The molecule has 1 rings (SSSR count). The normalized spacial score (nSPS) is 7.08.